The molecule has 1 aliphatic heterocycles. The van der Waals surface area contributed by atoms with Gasteiger partial charge in [-0.25, -0.2) is 0 Å². The third kappa shape index (κ3) is 3.35. The lowest BCUT2D eigenvalue weighted by molar-refractivity contribution is 0.436. The average molecular weight is 587 g/mol. The van der Waals surface area contributed by atoms with Crippen molar-refractivity contribution in [1.82, 2.24) is 0 Å². The van der Waals surface area contributed by atoms with Gasteiger partial charge in [0.05, 0.1) is 5.41 Å². The Morgan fingerprint density at radius 2 is 1.00 bits per heavy atom. The third-order valence-electron chi connectivity index (χ3n) is 10.4. The molecule has 0 amide bonds. The molecule has 7 aromatic rings. The first-order valence-electron chi connectivity index (χ1n) is 16.3. The highest BCUT2D eigenvalue weighted by Gasteiger charge is 2.51. The van der Waals surface area contributed by atoms with Crippen LogP contribution in [-0.4, -0.2) is 0 Å². The number of hydrogen-bond acceptors (Lipinski definition) is 1. The van der Waals surface area contributed by atoms with Crippen LogP contribution in [0.5, 0.6) is 11.5 Å². The van der Waals surface area contributed by atoms with Crippen LogP contribution in [0.4, 0.5) is 0 Å². The molecule has 0 bridgehead atoms. The number of ether oxygens (including phenoxy) is 1. The summed E-state index contributed by atoms with van der Waals surface area (Å²) in [5.74, 6) is 1.84. The molecular weight excluding hydrogens is 556 g/mol. The van der Waals surface area contributed by atoms with Crippen LogP contribution in [-0.2, 0) is 5.41 Å². The van der Waals surface area contributed by atoms with Crippen molar-refractivity contribution in [3.63, 3.8) is 0 Å². The van der Waals surface area contributed by atoms with E-state index in [4.69, 9.17) is 4.74 Å². The van der Waals surface area contributed by atoms with Gasteiger partial charge in [0.25, 0.3) is 0 Å². The van der Waals surface area contributed by atoms with E-state index in [2.05, 4.69) is 158 Å². The van der Waals surface area contributed by atoms with E-state index >= 15 is 0 Å². The number of allylic oxidation sites excluding steroid dienone is 4. The van der Waals surface area contributed by atoms with Crippen LogP contribution in [0.2, 0.25) is 0 Å². The molecule has 216 valence electrons. The maximum Gasteiger partial charge on any atom is 0.132 e. The van der Waals surface area contributed by atoms with Crippen molar-refractivity contribution in [2.24, 2.45) is 0 Å². The number of rotatable bonds is 2. The molecule has 7 aromatic carbocycles. The highest BCUT2D eigenvalue weighted by molar-refractivity contribution is 6.19. The van der Waals surface area contributed by atoms with Gasteiger partial charge in [-0.15, -0.1) is 0 Å². The van der Waals surface area contributed by atoms with Crippen LogP contribution < -0.4 is 4.74 Å². The Morgan fingerprint density at radius 3 is 1.63 bits per heavy atom. The Kier molecular flexibility index (Phi) is 5.39. The van der Waals surface area contributed by atoms with Gasteiger partial charge in [-0.1, -0.05) is 140 Å². The van der Waals surface area contributed by atoms with E-state index in [0.29, 0.717) is 0 Å². The summed E-state index contributed by atoms with van der Waals surface area (Å²) in [4.78, 5) is 0. The predicted molar refractivity (Wildman–Crippen MR) is 191 cm³/mol. The van der Waals surface area contributed by atoms with Crippen molar-refractivity contribution >= 4 is 27.1 Å². The van der Waals surface area contributed by atoms with Crippen LogP contribution >= 0.6 is 0 Å². The minimum absolute atomic E-state index is 0.489. The van der Waals surface area contributed by atoms with Crippen molar-refractivity contribution in [2.45, 2.75) is 18.3 Å². The summed E-state index contributed by atoms with van der Waals surface area (Å²) in [6, 6.07) is 51.3. The Hall–Kier alpha value is -5.66. The molecule has 0 radical (unpaired) electrons. The number of para-hydroxylation sites is 2. The predicted octanol–water partition coefficient (Wildman–Crippen LogP) is 11.9. The third-order valence-corrected chi connectivity index (χ3v) is 10.4. The first-order valence-corrected chi connectivity index (χ1v) is 16.3. The second-order valence-corrected chi connectivity index (χ2v) is 12.6. The van der Waals surface area contributed by atoms with E-state index in [1.54, 1.807) is 0 Å². The van der Waals surface area contributed by atoms with Crippen molar-refractivity contribution in [2.75, 3.05) is 0 Å². The Bertz CT molecular complexity index is 2350. The minimum atomic E-state index is -0.489. The maximum atomic E-state index is 6.58. The van der Waals surface area contributed by atoms with Gasteiger partial charge < -0.3 is 4.74 Å². The van der Waals surface area contributed by atoms with Crippen molar-refractivity contribution < 1.29 is 4.74 Å². The molecule has 0 N–H and O–H groups in total. The number of benzene rings is 7. The summed E-state index contributed by atoms with van der Waals surface area (Å²) in [6.07, 6.45) is 9.22. The normalized spacial score (nSPS) is 15.2. The summed E-state index contributed by atoms with van der Waals surface area (Å²) in [5.41, 5.74) is 12.3. The molecule has 2 aliphatic carbocycles. The Balaban J connectivity index is 1.33. The molecule has 1 nitrogen and oxygen atoms in total. The second-order valence-electron chi connectivity index (χ2n) is 12.6. The molecule has 0 aromatic heterocycles. The molecule has 46 heavy (non-hydrogen) atoms. The summed E-state index contributed by atoms with van der Waals surface area (Å²) in [7, 11) is 0. The maximum absolute atomic E-state index is 6.58. The topological polar surface area (TPSA) is 9.23 Å². The summed E-state index contributed by atoms with van der Waals surface area (Å²) in [5, 5.41) is 5.17. The lowest BCUT2D eigenvalue weighted by atomic mass is 9.66. The fourth-order valence-corrected chi connectivity index (χ4v) is 8.56. The summed E-state index contributed by atoms with van der Waals surface area (Å²) < 4.78 is 6.58. The monoisotopic (exact) mass is 586 g/mol. The average Bonchev–Trinajstić information content (AvgIpc) is 3.41. The van der Waals surface area contributed by atoms with Crippen LogP contribution in [0, 0.1) is 0 Å². The Labute approximate surface area is 268 Å². The van der Waals surface area contributed by atoms with Crippen molar-refractivity contribution in [3.8, 4) is 33.8 Å². The van der Waals surface area contributed by atoms with Crippen molar-refractivity contribution in [1.29, 1.82) is 0 Å². The van der Waals surface area contributed by atoms with Crippen molar-refractivity contribution in [3.05, 3.63) is 186 Å². The van der Waals surface area contributed by atoms with Crippen LogP contribution in [0.25, 0.3) is 49.4 Å². The number of fused-ring (bicyclic) bond motifs is 11. The summed E-state index contributed by atoms with van der Waals surface area (Å²) >= 11 is 0. The van der Waals surface area contributed by atoms with Crippen LogP contribution in [0.3, 0.4) is 0 Å². The van der Waals surface area contributed by atoms with E-state index in [1.807, 2.05) is 0 Å². The van der Waals surface area contributed by atoms with Gasteiger partial charge in [0.2, 0.25) is 0 Å². The first-order chi connectivity index (χ1) is 22.8. The molecule has 0 unspecified atom stereocenters. The largest absolute Gasteiger partial charge is 0.457 e. The fraction of sp³-hybridized carbons (Fsp3) is 0.0667. The number of hydrogen-bond donors (Lipinski definition) is 0. The zero-order valence-electron chi connectivity index (χ0n) is 25.3. The van der Waals surface area contributed by atoms with Gasteiger partial charge >= 0.3 is 0 Å². The highest BCUT2D eigenvalue weighted by atomic mass is 16.5. The van der Waals surface area contributed by atoms with Gasteiger partial charge in [-0.05, 0) is 97.1 Å². The van der Waals surface area contributed by atoms with E-state index < -0.39 is 5.41 Å². The molecule has 1 spiro atoms. The molecule has 3 aliphatic rings. The lowest BCUT2D eigenvalue weighted by Crippen LogP contribution is -2.32. The fourth-order valence-electron chi connectivity index (χ4n) is 8.56. The van der Waals surface area contributed by atoms with Crippen LogP contribution in [0.15, 0.2) is 158 Å². The minimum Gasteiger partial charge on any atom is -0.457 e. The van der Waals surface area contributed by atoms with Gasteiger partial charge in [0.15, 0.2) is 0 Å². The summed E-state index contributed by atoms with van der Waals surface area (Å²) in [6.45, 7) is 0. The van der Waals surface area contributed by atoms with E-state index in [9.17, 15) is 0 Å². The molecule has 10 rings (SSSR count). The second kappa shape index (κ2) is 9.67. The van der Waals surface area contributed by atoms with Gasteiger partial charge in [0, 0.05) is 11.1 Å². The van der Waals surface area contributed by atoms with Gasteiger partial charge in [-0.3, -0.25) is 0 Å². The SMILES string of the molecule is C1=CC(c2c3ccccc3c(-c3ccc4c(c3)C3(c5ccccc5Oc5ccccc53)c3ccccc3-4)c3ccccc23)=CCC1. The van der Waals surface area contributed by atoms with Crippen LogP contribution in [0.1, 0.15) is 40.7 Å². The molecular formula is C45H30O. The zero-order valence-corrected chi connectivity index (χ0v) is 25.3. The van der Waals surface area contributed by atoms with E-state index in [0.717, 1.165) is 24.3 Å². The van der Waals surface area contributed by atoms with E-state index in [1.165, 1.54) is 77.2 Å². The molecule has 0 saturated heterocycles. The smallest absolute Gasteiger partial charge is 0.132 e. The highest BCUT2D eigenvalue weighted by Crippen LogP contribution is 2.62. The van der Waals surface area contributed by atoms with Gasteiger partial charge in [0.1, 0.15) is 11.5 Å². The molecule has 0 fully saturated rings. The molecule has 0 saturated carbocycles. The molecule has 1 heterocycles. The molecule has 1 heteroatoms. The zero-order chi connectivity index (χ0) is 30.2. The molecule has 0 atom stereocenters. The lowest BCUT2D eigenvalue weighted by Gasteiger charge is -2.39. The quantitative estimate of drug-likeness (QED) is 0.183. The Morgan fingerprint density at radius 1 is 0.457 bits per heavy atom. The van der Waals surface area contributed by atoms with Gasteiger partial charge in [-0.2, -0.15) is 0 Å². The first kappa shape index (κ1) is 25.6. The van der Waals surface area contributed by atoms with E-state index in [-0.39, 0.29) is 0 Å². The standard InChI is InChI=1S/C45H30O/c1-2-14-29(15-3-1)43-33-17-4-6-19-35(33)44(36-20-7-5-18-34(36)43)30-26-27-32-31-16-8-9-21-37(31)45(40(32)28-30)38-22-10-12-24-41(38)46-42-25-13-11-23-39(42)45/h2,4-28H,1,3H2.